The van der Waals surface area contributed by atoms with Crippen LogP contribution >= 0.6 is 15.9 Å². The Morgan fingerprint density at radius 2 is 2.32 bits per heavy atom. The van der Waals surface area contributed by atoms with Crippen LogP contribution in [0.1, 0.15) is 25.1 Å². The Hall–Kier alpha value is -1.66. The van der Waals surface area contributed by atoms with E-state index in [4.69, 9.17) is 0 Å². The van der Waals surface area contributed by atoms with Crippen LogP contribution in [0, 0.1) is 0 Å². The van der Waals surface area contributed by atoms with Crippen molar-refractivity contribution >= 4 is 21.9 Å². The first-order valence-corrected chi connectivity index (χ1v) is 8.19. The number of likely N-dealkylation sites (tertiary alicyclic amines) is 1. The maximum absolute atomic E-state index is 11.3. The number of aromatic amines is 1. The van der Waals surface area contributed by atoms with Crippen molar-refractivity contribution in [2.75, 3.05) is 6.54 Å². The zero-order chi connectivity index (χ0) is 15.5. The zero-order valence-electron chi connectivity index (χ0n) is 12.1. The number of carbonyl (C=O) groups is 1. The molecule has 1 saturated heterocycles. The van der Waals surface area contributed by atoms with Gasteiger partial charge in [-0.1, -0.05) is 34.5 Å². The monoisotopic (exact) mass is 363 g/mol. The molecule has 2 aromatic rings. The Kier molecular flexibility index (Phi) is 4.59. The molecule has 1 atom stereocenters. The quantitative estimate of drug-likeness (QED) is 0.874. The van der Waals surface area contributed by atoms with Gasteiger partial charge in [0.15, 0.2) is 0 Å². The lowest BCUT2D eigenvalue weighted by Crippen LogP contribution is -2.44. The number of rotatable bonds is 4. The minimum absolute atomic E-state index is 0.395. The van der Waals surface area contributed by atoms with Crippen molar-refractivity contribution in [1.29, 1.82) is 0 Å². The van der Waals surface area contributed by atoms with Crippen LogP contribution in [0.3, 0.4) is 0 Å². The SMILES string of the molecule is O=C(O)C1CCCCN1Cc1ncc(-c2cccc(Br)c2)[nH]1. The second-order valence-corrected chi connectivity index (χ2v) is 6.49. The van der Waals surface area contributed by atoms with Crippen LogP contribution in [0.15, 0.2) is 34.9 Å². The van der Waals surface area contributed by atoms with Crippen LogP contribution in [0.25, 0.3) is 11.3 Å². The fourth-order valence-corrected chi connectivity index (χ4v) is 3.30. The third-order valence-electron chi connectivity index (χ3n) is 4.02. The maximum Gasteiger partial charge on any atom is 0.320 e. The van der Waals surface area contributed by atoms with Gasteiger partial charge >= 0.3 is 5.97 Å². The van der Waals surface area contributed by atoms with Gasteiger partial charge in [0.05, 0.1) is 18.4 Å². The molecule has 0 bridgehead atoms. The molecular formula is C16H18BrN3O2. The van der Waals surface area contributed by atoms with E-state index in [9.17, 15) is 9.90 Å². The average Bonchev–Trinajstić information content (AvgIpc) is 2.96. The van der Waals surface area contributed by atoms with Crippen LogP contribution in [0.4, 0.5) is 0 Å². The number of aliphatic carboxylic acids is 1. The van der Waals surface area contributed by atoms with Gasteiger partial charge in [0, 0.05) is 10.0 Å². The van der Waals surface area contributed by atoms with Gasteiger partial charge in [0.25, 0.3) is 0 Å². The molecule has 3 rings (SSSR count). The number of piperidine rings is 1. The van der Waals surface area contributed by atoms with E-state index >= 15 is 0 Å². The molecule has 116 valence electrons. The number of hydrogen-bond acceptors (Lipinski definition) is 3. The molecule has 22 heavy (non-hydrogen) atoms. The number of halogens is 1. The van der Waals surface area contributed by atoms with E-state index in [2.05, 4.69) is 25.9 Å². The second kappa shape index (κ2) is 6.62. The summed E-state index contributed by atoms with van der Waals surface area (Å²) in [5, 5.41) is 9.32. The Balaban J connectivity index is 1.75. The molecule has 5 nitrogen and oxygen atoms in total. The van der Waals surface area contributed by atoms with Crippen LogP contribution in [-0.4, -0.2) is 38.5 Å². The second-order valence-electron chi connectivity index (χ2n) is 5.57. The summed E-state index contributed by atoms with van der Waals surface area (Å²) >= 11 is 3.46. The van der Waals surface area contributed by atoms with E-state index in [0.29, 0.717) is 13.0 Å². The first kappa shape index (κ1) is 15.2. The van der Waals surface area contributed by atoms with Crippen molar-refractivity contribution in [3.8, 4) is 11.3 Å². The zero-order valence-corrected chi connectivity index (χ0v) is 13.7. The molecule has 2 heterocycles. The number of benzene rings is 1. The fraction of sp³-hybridized carbons (Fsp3) is 0.375. The van der Waals surface area contributed by atoms with E-state index < -0.39 is 12.0 Å². The summed E-state index contributed by atoms with van der Waals surface area (Å²) < 4.78 is 1.02. The van der Waals surface area contributed by atoms with Crippen molar-refractivity contribution in [3.63, 3.8) is 0 Å². The van der Waals surface area contributed by atoms with E-state index in [0.717, 1.165) is 40.9 Å². The Morgan fingerprint density at radius 1 is 1.45 bits per heavy atom. The van der Waals surface area contributed by atoms with Crippen LogP contribution < -0.4 is 0 Å². The van der Waals surface area contributed by atoms with E-state index in [1.54, 1.807) is 6.20 Å². The Morgan fingerprint density at radius 3 is 3.09 bits per heavy atom. The highest BCUT2D eigenvalue weighted by Crippen LogP contribution is 2.23. The summed E-state index contributed by atoms with van der Waals surface area (Å²) in [5.74, 6) is 0.0709. The highest BCUT2D eigenvalue weighted by atomic mass is 79.9. The number of nitrogens with one attached hydrogen (secondary N) is 1. The maximum atomic E-state index is 11.3. The van der Waals surface area contributed by atoms with Crippen LogP contribution in [0.2, 0.25) is 0 Å². The highest BCUT2D eigenvalue weighted by Gasteiger charge is 2.28. The molecule has 2 N–H and O–H groups in total. The molecule has 0 spiro atoms. The lowest BCUT2D eigenvalue weighted by Gasteiger charge is -2.32. The summed E-state index contributed by atoms with van der Waals surface area (Å²) in [6.45, 7) is 1.36. The molecule has 1 unspecified atom stereocenters. The molecule has 0 saturated carbocycles. The predicted molar refractivity (Wildman–Crippen MR) is 87.4 cm³/mol. The smallest absolute Gasteiger partial charge is 0.320 e. The molecule has 0 radical (unpaired) electrons. The van der Waals surface area contributed by atoms with Gasteiger partial charge in [-0.25, -0.2) is 4.98 Å². The number of imidazole rings is 1. The van der Waals surface area contributed by atoms with Gasteiger partial charge in [-0.2, -0.15) is 0 Å². The van der Waals surface area contributed by atoms with Gasteiger partial charge in [0.2, 0.25) is 0 Å². The molecule has 1 aromatic carbocycles. The third kappa shape index (κ3) is 3.39. The molecule has 1 aliphatic heterocycles. The fourth-order valence-electron chi connectivity index (χ4n) is 2.90. The molecule has 6 heteroatoms. The third-order valence-corrected chi connectivity index (χ3v) is 4.51. The van der Waals surface area contributed by atoms with Crippen molar-refractivity contribution in [2.45, 2.75) is 31.8 Å². The molecule has 1 fully saturated rings. The van der Waals surface area contributed by atoms with Gasteiger partial charge < -0.3 is 10.1 Å². The Labute approximate surface area is 137 Å². The minimum atomic E-state index is -0.738. The first-order chi connectivity index (χ1) is 10.6. The van der Waals surface area contributed by atoms with Crippen LogP contribution in [-0.2, 0) is 11.3 Å². The highest BCUT2D eigenvalue weighted by molar-refractivity contribution is 9.10. The molecule has 1 aliphatic rings. The van der Waals surface area contributed by atoms with Gasteiger partial charge in [-0.15, -0.1) is 0 Å². The summed E-state index contributed by atoms with van der Waals surface area (Å²) in [6, 6.07) is 7.60. The standard InChI is InChI=1S/C16H18BrN3O2/c17-12-5-3-4-11(8-12)13-9-18-15(19-13)10-20-7-2-1-6-14(20)16(21)22/h3-5,8-9,14H,1-2,6-7,10H2,(H,18,19)(H,21,22). The van der Waals surface area contributed by atoms with E-state index in [1.807, 2.05) is 29.2 Å². The molecule has 0 aliphatic carbocycles. The normalized spacial score (nSPS) is 19.2. The minimum Gasteiger partial charge on any atom is -0.480 e. The number of carboxylic acid groups (broad SMARTS) is 1. The van der Waals surface area contributed by atoms with E-state index in [1.165, 1.54) is 0 Å². The summed E-state index contributed by atoms with van der Waals surface area (Å²) in [5.41, 5.74) is 2.00. The number of aromatic nitrogens is 2. The lowest BCUT2D eigenvalue weighted by molar-refractivity contribution is -0.144. The van der Waals surface area contributed by atoms with Crippen molar-refractivity contribution < 1.29 is 9.90 Å². The summed E-state index contributed by atoms with van der Waals surface area (Å²) in [7, 11) is 0. The van der Waals surface area contributed by atoms with Gasteiger partial charge in [0.1, 0.15) is 11.9 Å². The number of H-pyrrole nitrogens is 1. The Bertz CT molecular complexity index is 671. The van der Waals surface area contributed by atoms with Crippen molar-refractivity contribution in [2.24, 2.45) is 0 Å². The first-order valence-electron chi connectivity index (χ1n) is 7.40. The van der Waals surface area contributed by atoms with Gasteiger partial charge in [-0.3, -0.25) is 9.69 Å². The summed E-state index contributed by atoms with van der Waals surface area (Å²) in [4.78, 5) is 21.0. The largest absolute Gasteiger partial charge is 0.480 e. The van der Waals surface area contributed by atoms with Crippen LogP contribution in [0.5, 0.6) is 0 Å². The topological polar surface area (TPSA) is 69.2 Å². The molecular weight excluding hydrogens is 346 g/mol. The molecule has 0 amide bonds. The number of hydrogen-bond donors (Lipinski definition) is 2. The average molecular weight is 364 g/mol. The van der Waals surface area contributed by atoms with Crippen molar-refractivity contribution in [3.05, 3.63) is 40.8 Å². The van der Waals surface area contributed by atoms with Crippen molar-refractivity contribution in [1.82, 2.24) is 14.9 Å². The summed E-state index contributed by atoms with van der Waals surface area (Å²) in [6.07, 6.45) is 4.54. The van der Waals surface area contributed by atoms with Gasteiger partial charge in [-0.05, 0) is 31.5 Å². The number of carboxylic acids is 1. The lowest BCUT2D eigenvalue weighted by atomic mass is 10.0. The molecule has 1 aromatic heterocycles. The number of nitrogens with zero attached hydrogens (tertiary/aromatic N) is 2. The predicted octanol–water partition coefficient (Wildman–Crippen LogP) is 3.28. The van der Waals surface area contributed by atoms with E-state index in [-0.39, 0.29) is 0 Å².